The van der Waals surface area contributed by atoms with Gasteiger partial charge >= 0.3 is 5.97 Å². The number of esters is 1. The van der Waals surface area contributed by atoms with Gasteiger partial charge in [-0.2, -0.15) is 0 Å². The maximum Gasteiger partial charge on any atom is 0.305 e. The lowest BCUT2D eigenvalue weighted by molar-refractivity contribution is -0.140. The molecular weight excluding hydrogens is 220 g/mol. The molecule has 0 saturated heterocycles. The van der Waals surface area contributed by atoms with Crippen LogP contribution >= 0.6 is 0 Å². The third-order valence-corrected chi connectivity index (χ3v) is 3.27. The Morgan fingerprint density at radius 3 is 2.53 bits per heavy atom. The molecule has 0 bridgehead atoms. The van der Waals surface area contributed by atoms with E-state index < -0.39 is 5.54 Å². The van der Waals surface area contributed by atoms with Crippen LogP contribution in [0.2, 0.25) is 0 Å². The van der Waals surface area contributed by atoms with Crippen LogP contribution in [0.3, 0.4) is 0 Å². The molecule has 5 heteroatoms. The molecule has 17 heavy (non-hydrogen) atoms. The summed E-state index contributed by atoms with van der Waals surface area (Å²) in [5.41, 5.74) is 5.38. The fourth-order valence-electron chi connectivity index (χ4n) is 2.12. The van der Waals surface area contributed by atoms with Crippen molar-refractivity contribution in [3.05, 3.63) is 0 Å². The van der Waals surface area contributed by atoms with E-state index in [0.29, 0.717) is 19.4 Å². The van der Waals surface area contributed by atoms with Crippen molar-refractivity contribution in [1.29, 1.82) is 0 Å². The van der Waals surface area contributed by atoms with Crippen molar-refractivity contribution >= 4 is 11.9 Å². The first-order valence-electron chi connectivity index (χ1n) is 6.22. The number of ether oxygens (including phenoxy) is 1. The highest BCUT2D eigenvalue weighted by atomic mass is 16.5. The molecule has 0 aromatic carbocycles. The highest BCUT2D eigenvalue weighted by Crippen LogP contribution is 2.25. The lowest BCUT2D eigenvalue weighted by Crippen LogP contribution is -2.55. The lowest BCUT2D eigenvalue weighted by Gasteiger charge is -2.31. The molecule has 0 heterocycles. The van der Waals surface area contributed by atoms with E-state index in [1.54, 1.807) is 0 Å². The van der Waals surface area contributed by atoms with Gasteiger partial charge in [0, 0.05) is 13.0 Å². The quantitative estimate of drug-likeness (QED) is 0.549. The molecule has 0 atom stereocenters. The summed E-state index contributed by atoms with van der Waals surface area (Å²) in [5.74, 6) is -0.332. The predicted molar refractivity (Wildman–Crippen MR) is 64.3 cm³/mol. The monoisotopic (exact) mass is 242 g/mol. The normalized spacial score (nSPS) is 18.5. The summed E-state index contributed by atoms with van der Waals surface area (Å²) in [7, 11) is 1.36. The van der Waals surface area contributed by atoms with Crippen LogP contribution in [0.25, 0.3) is 0 Å². The zero-order valence-electron chi connectivity index (χ0n) is 10.5. The molecule has 0 radical (unpaired) electrons. The third kappa shape index (κ3) is 4.34. The van der Waals surface area contributed by atoms with Gasteiger partial charge < -0.3 is 15.8 Å². The second-order valence-electron chi connectivity index (χ2n) is 4.65. The Morgan fingerprint density at radius 1 is 1.29 bits per heavy atom. The number of methoxy groups -OCH3 is 1. The van der Waals surface area contributed by atoms with Crippen molar-refractivity contribution in [2.24, 2.45) is 5.73 Å². The summed E-state index contributed by atoms with van der Waals surface area (Å²) in [6, 6.07) is 0. The van der Waals surface area contributed by atoms with Gasteiger partial charge in [-0.15, -0.1) is 0 Å². The van der Waals surface area contributed by atoms with Gasteiger partial charge in [0.05, 0.1) is 12.6 Å². The second kappa shape index (κ2) is 6.59. The number of hydrogen-bond donors (Lipinski definition) is 2. The smallest absolute Gasteiger partial charge is 0.305 e. The van der Waals surface area contributed by atoms with Gasteiger partial charge in [-0.3, -0.25) is 9.59 Å². The van der Waals surface area contributed by atoms with Gasteiger partial charge in [-0.25, -0.2) is 0 Å². The van der Waals surface area contributed by atoms with Crippen molar-refractivity contribution in [2.75, 3.05) is 13.7 Å². The van der Waals surface area contributed by atoms with Crippen LogP contribution in [0.4, 0.5) is 0 Å². The largest absolute Gasteiger partial charge is 0.469 e. The Hall–Kier alpha value is -1.10. The summed E-state index contributed by atoms with van der Waals surface area (Å²) in [6.45, 7) is 0.479. The van der Waals surface area contributed by atoms with Crippen molar-refractivity contribution in [3.63, 3.8) is 0 Å². The van der Waals surface area contributed by atoms with Crippen LogP contribution in [0.5, 0.6) is 0 Å². The predicted octanol–water partition coefficient (Wildman–Crippen LogP) is 0.717. The van der Waals surface area contributed by atoms with Crippen LogP contribution < -0.4 is 11.1 Å². The molecule has 98 valence electrons. The number of carbonyl (C=O) groups excluding carboxylic acids is 2. The fourth-order valence-corrected chi connectivity index (χ4v) is 2.12. The summed E-state index contributed by atoms with van der Waals surface area (Å²) in [4.78, 5) is 22.7. The van der Waals surface area contributed by atoms with E-state index in [-0.39, 0.29) is 11.9 Å². The summed E-state index contributed by atoms with van der Waals surface area (Å²) in [6.07, 6.45) is 5.64. The van der Waals surface area contributed by atoms with E-state index >= 15 is 0 Å². The number of nitrogens with two attached hydrogens (primary N) is 1. The number of hydrogen-bond acceptors (Lipinski definition) is 4. The summed E-state index contributed by atoms with van der Waals surface area (Å²) < 4.78 is 4.52. The minimum absolute atomic E-state index is 0.0814. The molecule has 1 saturated carbocycles. The maximum atomic E-state index is 11.9. The van der Waals surface area contributed by atoms with E-state index in [0.717, 1.165) is 32.1 Å². The number of rotatable bonds is 5. The first kappa shape index (κ1) is 14.0. The fraction of sp³-hybridized carbons (Fsp3) is 0.833. The second-order valence-corrected chi connectivity index (χ2v) is 4.65. The molecule has 1 aliphatic rings. The lowest BCUT2D eigenvalue weighted by atomic mass is 9.82. The van der Waals surface area contributed by atoms with Crippen LogP contribution in [0.15, 0.2) is 0 Å². The zero-order valence-corrected chi connectivity index (χ0v) is 10.5. The number of nitrogens with one attached hydrogen (secondary N) is 1. The highest BCUT2D eigenvalue weighted by Gasteiger charge is 2.34. The first-order chi connectivity index (χ1) is 8.08. The Bertz CT molecular complexity index is 273. The van der Waals surface area contributed by atoms with Crippen LogP contribution in [-0.4, -0.2) is 31.1 Å². The van der Waals surface area contributed by atoms with Gasteiger partial charge in [0.1, 0.15) is 0 Å². The molecule has 0 aliphatic heterocycles. The van der Waals surface area contributed by atoms with E-state index in [2.05, 4.69) is 10.1 Å². The van der Waals surface area contributed by atoms with Crippen molar-refractivity contribution in [1.82, 2.24) is 5.32 Å². The molecule has 1 amide bonds. The van der Waals surface area contributed by atoms with Crippen molar-refractivity contribution in [3.8, 4) is 0 Å². The van der Waals surface area contributed by atoms with Crippen molar-refractivity contribution < 1.29 is 14.3 Å². The Balaban J connectivity index is 2.22. The van der Waals surface area contributed by atoms with E-state index in [1.807, 2.05) is 0 Å². The van der Waals surface area contributed by atoms with Crippen LogP contribution in [0.1, 0.15) is 44.9 Å². The zero-order chi connectivity index (χ0) is 12.7. The van der Waals surface area contributed by atoms with Crippen LogP contribution in [-0.2, 0) is 14.3 Å². The van der Waals surface area contributed by atoms with Gasteiger partial charge in [0.25, 0.3) is 0 Å². The summed E-state index contributed by atoms with van der Waals surface area (Å²) >= 11 is 0. The maximum absolute atomic E-state index is 11.9. The minimum Gasteiger partial charge on any atom is -0.469 e. The molecular formula is C12H22N2O3. The minimum atomic E-state index is -0.691. The van der Waals surface area contributed by atoms with E-state index in [4.69, 9.17) is 5.73 Å². The Morgan fingerprint density at radius 2 is 1.94 bits per heavy atom. The first-order valence-corrected chi connectivity index (χ1v) is 6.22. The topological polar surface area (TPSA) is 81.4 Å². The summed E-state index contributed by atoms with van der Waals surface area (Å²) in [5, 5.41) is 2.80. The molecule has 1 aliphatic carbocycles. The third-order valence-electron chi connectivity index (χ3n) is 3.27. The van der Waals surface area contributed by atoms with E-state index in [1.165, 1.54) is 7.11 Å². The SMILES string of the molecule is COC(=O)CCCNC(=O)C1(N)CCCCC1. The van der Waals surface area contributed by atoms with Crippen LogP contribution in [0, 0.1) is 0 Å². The standard InChI is InChI=1S/C12H22N2O3/c1-17-10(15)6-5-9-14-11(16)12(13)7-3-2-4-8-12/h2-9,13H2,1H3,(H,14,16). The highest BCUT2D eigenvalue weighted by molar-refractivity contribution is 5.86. The van der Waals surface area contributed by atoms with Gasteiger partial charge in [0.2, 0.25) is 5.91 Å². The Labute approximate surface area is 102 Å². The molecule has 3 N–H and O–H groups in total. The molecule has 1 fully saturated rings. The Kier molecular flexibility index (Phi) is 5.41. The molecule has 0 aromatic rings. The van der Waals surface area contributed by atoms with Crippen molar-refractivity contribution in [2.45, 2.75) is 50.5 Å². The van der Waals surface area contributed by atoms with Gasteiger partial charge in [-0.05, 0) is 19.3 Å². The van der Waals surface area contributed by atoms with E-state index in [9.17, 15) is 9.59 Å². The molecule has 5 nitrogen and oxygen atoms in total. The van der Waals surface area contributed by atoms with Gasteiger partial charge in [0.15, 0.2) is 0 Å². The molecule has 0 aromatic heterocycles. The molecule has 0 spiro atoms. The average molecular weight is 242 g/mol. The average Bonchev–Trinajstić information content (AvgIpc) is 2.34. The molecule has 1 rings (SSSR count). The van der Waals surface area contributed by atoms with Gasteiger partial charge in [-0.1, -0.05) is 19.3 Å². The number of carbonyl (C=O) groups is 2. The molecule has 0 unspecified atom stereocenters. The number of amides is 1.